The summed E-state index contributed by atoms with van der Waals surface area (Å²) in [7, 11) is 1.50. The molecule has 0 aliphatic rings. The van der Waals surface area contributed by atoms with Crippen molar-refractivity contribution >= 4 is 6.21 Å². The number of hydrogen-bond acceptors (Lipinski definition) is 4. The molecule has 1 N–H and O–H groups in total. The van der Waals surface area contributed by atoms with Crippen molar-refractivity contribution in [2.75, 3.05) is 7.11 Å². The lowest BCUT2D eigenvalue weighted by atomic mass is 10.2. The summed E-state index contributed by atoms with van der Waals surface area (Å²) in [6.45, 7) is 0.423. The van der Waals surface area contributed by atoms with Crippen molar-refractivity contribution in [2.45, 2.75) is 6.61 Å². The van der Waals surface area contributed by atoms with Gasteiger partial charge in [-0.3, -0.25) is 0 Å². The number of aromatic hydroxyl groups is 1. The molecule has 2 aromatic rings. The van der Waals surface area contributed by atoms with Gasteiger partial charge in [0.25, 0.3) is 0 Å². The maximum absolute atomic E-state index is 9.45. The monoisotopic (exact) mass is 257 g/mol. The van der Waals surface area contributed by atoms with Gasteiger partial charge in [0.1, 0.15) is 6.61 Å². The van der Waals surface area contributed by atoms with Crippen molar-refractivity contribution < 1.29 is 14.7 Å². The maximum atomic E-state index is 9.45. The van der Waals surface area contributed by atoms with E-state index in [1.807, 2.05) is 30.3 Å². The van der Waals surface area contributed by atoms with Crippen LogP contribution in [-0.4, -0.2) is 18.4 Å². The summed E-state index contributed by atoms with van der Waals surface area (Å²) in [5.41, 5.74) is 1.85. The van der Waals surface area contributed by atoms with Crippen LogP contribution in [0, 0.1) is 0 Å². The Hall–Kier alpha value is -2.49. The Kier molecular flexibility index (Phi) is 4.39. The van der Waals surface area contributed by atoms with Crippen LogP contribution < -0.4 is 4.74 Å². The van der Waals surface area contributed by atoms with Crippen LogP contribution in [0.25, 0.3) is 0 Å². The van der Waals surface area contributed by atoms with Gasteiger partial charge in [-0.2, -0.15) is 0 Å². The van der Waals surface area contributed by atoms with Gasteiger partial charge in [0.2, 0.25) is 0 Å². The Morgan fingerprint density at radius 3 is 2.68 bits per heavy atom. The fourth-order valence-corrected chi connectivity index (χ4v) is 1.56. The molecule has 2 aromatic carbocycles. The molecule has 0 saturated carbocycles. The molecule has 4 heteroatoms. The highest BCUT2D eigenvalue weighted by Gasteiger charge is 2.00. The number of benzene rings is 2. The summed E-state index contributed by atoms with van der Waals surface area (Å²) in [6, 6.07) is 14.8. The summed E-state index contributed by atoms with van der Waals surface area (Å²) in [5.74, 6) is 0.511. The molecule has 4 nitrogen and oxygen atoms in total. The minimum Gasteiger partial charge on any atom is -0.504 e. The van der Waals surface area contributed by atoms with E-state index >= 15 is 0 Å². The highest BCUT2D eigenvalue weighted by molar-refractivity contribution is 5.80. The molecular weight excluding hydrogens is 242 g/mol. The largest absolute Gasteiger partial charge is 0.504 e. The molecule has 98 valence electrons. The molecule has 0 heterocycles. The highest BCUT2D eigenvalue weighted by Crippen LogP contribution is 2.25. The van der Waals surface area contributed by atoms with Crippen molar-refractivity contribution in [3.8, 4) is 11.5 Å². The number of methoxy groups -OCH3 is 1. The number of rotatable bonds is 5. The molecule has 0 spiro atoms. The quantitative estimate of drug-likeness (QED) is 0.661. The third-order valence-electron chi connectivity index (χ3n) is 2.55. The number of nitrogens with zero attached hydrogens (tertiary/aromatic N) is 1. The van der Waals surface area contributed by atoms with Crippen LogP contribution in [0.4, 0.5) is 0 Å². The number of oxime groups is 1. The molecule has 2 rings (SSSR count). The van der Waals surface area contributed by atoms with Gasteiger partial charge in [-0.05, 0) is 23.8 Å². The molecule has 0 atom stereocenters. The summed E-state index contributed by atoms with van der Waals surface area (Å²) < 4.78 is 5.01. The molecule has 0 unspecified atom stereocenters. The van der Waals surface area contributed by atoms with Gasteiger partial charge < -0.3 is 14.7 Å². The van der Waals surface area contributed by atoms with Crippen LogP contribution in [0.15, 0.2) is 53.7 Å². The number of hydrogen-bond donors (Lipinski definition) is 1. The van der Waals surface area contributed by atoms with Crippen LogP contribution >= 0.6 is 0 Å². The summed E-state index contributed by atoms with van der Waals surface area (Å²) in [5, 5.41) is 13.3. The van der Waals surface area contributed by atoms with E-state index in [2.05, 4.69) is 5.16 Å². The molecule has 19 heavy (non-hydrogen) atoms. The topological polar surface area (TPSA) is 51.0 Å². The van der Waals surface area contributed by atoms with Gasteiger partial charge in [0, 0.05) is 5.56 Å². The van der Waals surface area contributed by atoms with Gasteiger partial charge in [-0.1, -0.05) is 35.5 Å². The van der Waals surface area contributed by atoms with E-state index in [4.69, 9.17) is 9.57 Å². The average molecular weight is 257 g/mol. The standard InChI is InChI=1S/C15H15NO3/c1-18-15-9-13(7-8-14(15)17)10-16-19-11-12-5-3-2-4-6-12/h2-10,17H,11H2,1H3. The van der Waals surface area contributed by atoms with Crippen molar-refractivity contribution in [3.63, 3.8) is 0 Å². The van der Waals surface area contributed by atoms with Crippen LogP contribution in [0.2, 0.25) is 0 Å². The average Bonchev–Trinajstić information content (AvgIpc) is 2.46. The molecule has 0 aliphatic carbocycles. The van der Waals surface area contributed by atoms with E-state index in [9.17, 15) is 5.11 Å². The van der Waals surface area contributed by atoms with Gasteiger partial charge in [-0.15, -0.1) is 0 Å². The smallest absolute Gasteiger partial charge is 0.161 e. The molecule has 0 amide bonds. The van der Waals surface area contributed by atoms with E-state index in [-0.39, 0.29) is 5.75 Å². The molecule has 0 aliphatic heterocycles. The molecule has 0 saturated heterocycles. The van der Waals surface area contributed by atoms with E-state index in [0.29, 0.717) is 12.4 Å². The SMILES string of the molecule is COc1cc(C=NOCc2ccccc2)ccc1O. The zero-order chi connectivity index (χ0) is 13.5. The Morgan fingerprint density at radius 1 is 1.16 bits per heavy atom. The van der Waals surface area contributed by atoms with Gasteiger partial charge >= 0.3 is 0 Å². The zero-order valence-electron chi connectivity index (χ0n) is 10.6. The number of ether oxygens (including phenoxy) is 1. The van der Waals surface area contributed by atoms with Crippen LogP contribution in [0.1, 0.15) is 11.1 Å². The lowest BCUT2D eigenvalue weighted by Gasteiger charge is -2.03. The second kappa shape index (κ2) is 6.44. The number of phenols is 1. The van der Waals surface area contributed by atoms with Crippen LogP contribution in [0.5, 0.6) is 11.5 Å². The van der Waals surface area contributed by atoms with Crippen molar-refractivity contribution in [3.05, 3.63) is 59.7 Å². The fourth-order valence-electron chi connectivity index (χ4n) is 1.56. The third-order valence-corrected chi connectivity index (χ3v) is 2.55. The van der Waals surface area contributed by atoms with Crippen molar-refractivity contribution in [1.29, 1.82) is 0 Å². The second-order valence-corrected chi connectivity index (χ2v) is 3.92. The van der Waals surface area contributed by atoms with E-state index in [1.54, 1.807) is 24.4 Å². The molecule has 0 bridgehead atoms. The summed E-state index contributed by atoms with van der Waals surface area (Å²) in [6.07, 6.45) is 1.57. The van der Waals surface area contributed by atoms with E-state index < -0.39 is 0 Å². The second-order valence-electron chi connectivity index (χ2n) is 3.92. The van der Waals surface area contributed by atoms with Gasteiger partial charge in [-0.25, -0.2) is 0 Å². The van der Waals surface area contributed by atoms with Gasteiger partial charge in [0.15, 0.2) is 11.5 Å². The highest BCUT2D eigenvalue weighted by atomic mass is 16.6. The van der Waals surface area contributed by atoms with Crippen LogP contribution in [-0.2, 0) is 11.4 Å². The first-order valence-electron chi connectivity index (χ1n) is 5.86. The first-order valence-corrected chi connectivity index (χ1v) is 5.86. The Labute approximate surface area is 111 Å². The Morgan fingerprint density at radius 2 is 1.95 bits per heavy atom. The van der Waals surface area contributed by atoms with Crippen molar-refractivity contribution in [2.24, 2.45) is 5.16 Å². The normalized spacial score (nSPS) is 10.6. The maximum Gasteiger partial charge on any atom is 0.161 e. The zero-order valence-corrected chi connectivity index (χ0v) is 10.6. The molecule has 0 radical (unpaired) electrons. The molecule has 0 fully saturated rings. The van der Waals surface area contributed by atoms with E-state index in [1.165, 1.54) is 7.11 Å². The lowest BCUT2D eigenvalue weighted by Crippen LogP contribution is -1.89. The third kappa shape index (κ3) is 3.74. The minimum atomic E-state index is 0.102. The predicted octanol–water partition coefficient (Wildman–Crippen LogP) is 2.95. The first-order chi connectivity index (χ1) is 9.29. The number of phenolic OH excluding ortho intramolecular Hbond substituents is 1. The van der Waals surface area contributed by atoms with Gasteiger partial charge in [0.05, 0.1) is 13.3 Å². The fraction of sp³-hybridized carbons (Fsp3) is 0.133. The summed E-state index contributed by atoms with van der Waals surface area (Å²) >= 11 is 0. The minimum absolute atomic E-state index is 0.102. The van der Waals surface area contributed by atoms with Crippen molar-refractivity contribution in [1.82, 2.24) is 0 Å². The summed E-state index contributed by atoms with van der Waals surface area (Å²) in [4.78, 5) is 5.19. The predicted molar refractivity (Wildman–Crippen MR) is 73.5 cm³/mol. The molecular formula is C15H15NO3. The first kappa shape index (κ1) is 13.0. The molecule has 0 aromatic heterocycles. The Bertz CT molecular complexity index is 553. The van der Waals surface area contributed by atoms with Crippen LogP contribution in [0.3, 0.4) is 0 Å². The Balaban J connectivity index is 1.92. The lowest BCUT2D eigenvalue weighted by molar-refractivity contribution is 0.132. The van der Waals surface area contributed by atoms with E-state index in [0.717, 1.165) is 11.1 Å².